The highest BCUT2D eigenvalue weighted by Crippen LogP contribution is 2.34. The standard InChI is InChI=1S/C12H14ClNO2/c1-7-3-4-9(13)11-8(6-15-2)10(5-14)16-12(7)11/h3-4H,5-6,14H2,1-2H3. The van der Waals surface area contributed by atoms with E-state index in [1.54, 1.807) is 7.11 Å². The molecule has 0 unspecified atom stereocenters. The van der Waals surface area contributed by atoms with Crippen LogP contribution in [0.25, 0.3) is 11.0 Å². The first-order valence-electron chi connectivity index (χ1n) is 5.07. The first kappa shape index (κ1) is 11.5. The van der Waals surface area contributed by atoms with E-state index in [-0.39, 0.29) is 0 Å². The number of aryl methyl sites for hydroxylation is 1. The summed E-state index contributed by atoms with van der Waals surface area (Å²) in [6.45, 7) is 2.80. The van der Waals surface area contributed by atoms with Crippen molar-refractivity contribution in [3.05, 3.63) is 34.0 Å². The second-order valence-electron chi connectivity index (χ2n) is 3.71. The lowest BCUT2D eigenvalue weighted by molar-refractivity contribution is 0.184. The molecule has 1 aromatic carbocycles. The van der Waals surface area contributed by atoms with Crippen molar-refractivity contribution >= 4 is 22.6 Å². The molecular formula is C12H14ClNO2. The van der Waals surface area contributed by atoms with Crippen molar-refractivity contribution in [2.24, 2.45) is 5.73 Å². The van der Waals surface area contributed by atoms with Crippen molar-refractivity contribution in [1.82, 2.24) is 0 Å². The minimum Gasteiger partial charge on any atom is -0.459 e. The minimum absolute atomic E-state index is 0.350. The second-order valence-corrected chi connectivity index (χ2v) is 4.12. The van der Waals surface area contributed by atoms with Crippen LogP contribution in [0, 0.1) is 6.92 Å². The number of ether oxygens (including phenoxy) is 1. The average molecular weight is 240 g/mol. The van der Waals surface area contributed by atoms with Gasteiger partial charge in [-0.3, -0.25) is 0 Å². The average Bonchev–Trinajstić information content (AvgIpc) is 2.64. The molecular weight excluding hydrogens is 226 g/mol. The van der Waals surface area contributed by atoms with Gasteiger partial charge in [0, 0.05) is 18.1 Å². The SMILES string of the molecule is COCc1c(CN)oc2c(C)ccc(Cl)c12. The number of rotatable bonds is 3. The van der Waals surface area contributed by atoms with E-state index in [0.29, 0.717) is 18.2 Å². The number of methoxy groups -OCH3 is 1. The Morgan fingerprint density at radius 3 is 2.81 bits per heavy atom. The van der Waals surface area contributed by atoms with E-state index in [4.69, 9.17) is 26.5 Å². The number of furan rings is 1. The van der Waals surface area contributed by atoms with Gasteiger partial charge in [-0.05, 0) is 18.6 Å². The zero-order valence-corrected chi connectivity index (χ0v) is 10.1. The molecule has 0 aliphatic carbocycles. The lowest BCUT2D eigenvalue weighted by Crippen LogP contribution is -1.99. The molecule has 0 aliphatic rings. The van der Waals surface area contributed by atoms with Crippen LogP contribution in [0.3, 0.4) is 0 Å². The Morgan fingerprint density at radius 1 is 1.44 bits per heavy atom. The summed E-state index contributed by atoms with van der Waals surface area (Å²) in [6.07, 6.45) is 0. The molecule has 2 N–H and O–H groups in total. The summed E-state index contributed by atoms with van der Waals surface area (Å²) in [5, 5.41) is 1.60. The zero-order valence-electron chi connectivity index (χ0n) is 9.34. The normalized spacial score (nSPS) is 11.2. The molecule has 16 heavy (non-hydrogen) atoms. The molecule has 2 aromatic rings. The van der Waals surface area contributed by atoms with E-state index in [1.807, 2.05) is 19.1 Å². The molecule has 86 valence electrons. The molecule has 0 bridgehead atoms. The molecule has 1 heterocycles. The Bertz CT molecular complexity index is 519. The molecule has 0 atom stereocenters. The maximum atomic E-state index is 6.18. The van der Waals surface area contributed by atoms with Crippen molar-refractivity contribution in [2.45, 2.75) is 20.1 Å². The monoisotopic (exact) mass is 239 g/mol. The number of nitrogens with two attached hydrogens (primary N) is 1. The molecule has 4 heteroatoms. The fourth-order valence-electron chi connectivity index (χ4n) is 1.86. The van der Waals surface area contributed by atoms with E-state index in [2.05, 4.69) is 0 Å². The van der Waals surface area contributed by atoms with Gasteiger partial charge in [-0.1, -0.05) is 17.7 Å². The molecule has 3 nitrogen and oxygen atoms in total. The highest BCUT2D eigenvalue weighted by atomic mass is 35.5. The Kier molecular flexibility index (Phi) is 3.19. The molecule has 0 saturated heterocycles. The molecule has 0 aliphatic heterocycles. The number of hydrogen-bond donors (Lipinski definition) is 1. The van der Waals surface area contributed by atoms with Gasteiger partial charge >= 0.3 is 0 Å². The van der Waals surface area contributed by atoms with Crippen LogP contribution in [0.2, 0.25) is 5.02 Å². The van der Waals surface area contributed by atoms with Crippen LogP contribution < -0.4 is 5.73 Å². The first-order chi connectivity index (χ1) is 7.69. The summed E-state index contributed by atoms with van der Waals surface area (Å²) in [5.41, 5.74) is 8.46. The van der Waals surface area contributed by atoms with Crippen molar-refractivity contribution in [1.29, 1.82) is 0 Å². The van der Waals surface area contributed by atoms with Crippen LogP contribution in [0.5, 0.6) is 0 Å². The molecule has 1 aromatic heterocycles. The maximum absolute atomic E-state index is 6.18. The Morgan fingerprint density at radius 2 is 2.19 bits per heavy atom. The van der Waals surface area contributed by atoms with Gasteiger partial charge in [0.05, 0.1) is 18.2 Å². The third-order valence-corrected chi connectivity index (χ3v) is 2.96. The van der Waals surface area contributed by atoms with E-state index in [0.717, 1.165) is 27.9 Å². The van der Waals surface area contributed by atoms with Gasteiger partial charge in [0.25, 0.3) is 0 Å². The smallest absolute Gasteiger partial charge is 0.139 e. The Hall–Kier alpha value is -1.03. The number of hydrogen-bond acceptors (Lipinski definition) is 3. The predicted molar refractivity (Wildman–Crippen MR) is 64.6 cm³/mol. The van der Waals surface area contributed by atoms with E-state index in [9.17, 15) is 0 Å². The summed E-state index contributed by atoms with van der Waals surface area (Å²) in [4.78, 5) is 0. The van der Waals surface area contributed by atoms with Crippen molar-refractivity contribution in [3.8, 4) is 0 Å². The third-order valence-electron chi connectivity index (χ3n) is 2.64. The topological polar surface area (TPSA) is 48.4 Å². The fourth-order valence-corrected chi connectivity index (χ4v) is 2.12. The molecule has 0 amide bonds. The van der Waals surface area contributed by atoms with Crippen molar-refractivity contribution in [3.63, 3.8) is 0 Å². The van der Waals surface area contributed by atoms with Gasteiger partial charge < -0.3 is 14.9 Å². The van der Waals surface area contributed by atoms with E-state index < -0.39 is 0 Å². The molecule has 0 fully saturated rings. The van der Waals surface area contributed by atoms with Gasteiger partial charge in [-0.25, -0.2) is 0 Å². The maximum Gasteiger partial charge on any atom is 0.139 e. The van der Waals surface area contributed by atoms with E-state index in [1.165, 1.54) is 0 Å². The largest absolute Gasteiger partial charge is 0.459 e. The zero-order chi connectivity index (χ0) is 11.7. The van der Waals surface area contributed by atoms with Crippen LogP contribution in [0.4, 0.5) is 0 Å². The molecule has 2 rings (SSSR count). The van der Waals surface area contributed by atoms with Crippen molar-refractivity contribution in [2.75, 3.05) is 7.11 Å². The highest BCUT2D eigenvalue weighted by Gasteiger charge is 2.16. The second kappa shape index (κ2) is 4.45. The summed E-state index contributed by atoms with van der Waals surface area (Å²) in [6, 6.07) is 3.80. The van der Waals surface area contributed by atoms with Gasteiger partial charge in [-0.15, -0.1) is 0 Å². The first-order valence-corrected chi connectivity index (χ1v) is 5.45. The molecule has 0 spiro atoms. The number of halogens is 1. The van der Waals surface area contributed by atoms with Gasteiger partial charge in [-0.2, -0.15) is 0 Å². The summed E-state index contributed by atoms with van der Waals surface area (Å²) >= 11 is 6.18. The summed E-state index contributed by atoms with van der Waals surface area (Å²) in [5.74, 6) is 0.744. The lowest BCUT2D eigenvalue weighted by atomic mass is 10.1. The summed E-state index contributed by atoms with van der Waals surface area (Å²) < 4.78 is 10.9. The van der Waals surface area contributed by atoms with Crippen LogP contribution in [0.15, 0.2) is 16.5 Å². The third kappa shape index (κ3) is 1.71. The number of benzene rings is 1. The Balaban J connectivity index is 2.78. The summed E-state index contributed by atoms with van der Waals surface area (Å²) in [7, 11) is 1.64. The van der Waals surface area contributed by atoms with Gasteiger partial charge in [0.1, 0.15) is 11.3 Å². The fraction of sp³-hybridized carbons (Fsp3) is 0.333. The lowest BCUT2D eigenvalue weighted by Gasteiger charge is -2.01. The Labute approximate surface area is 99.1 Å². The van der Waals surface area contributed by atoms with E-state index >= 15 is 0 Å². The van der Waals surface area contributed by atoms with Gasteiger partial charge in [0.2, 0.25) is 0 Å². The molecule has 0 saturated carbocycles. The van der Waals surface area contributed by atoms with Crippen LogP contribution in [0.1, 0.15) is 16.9 Å². The number of fused-ring (bicyclic) bond motifs is 1. The minimum atomic E-state index is 0.350. The van der Waals surface area contributed by atoms with Crippen LogP contribution in [-0.4, -0.2) is 7.11 Å². The van der Waals surface area contributed by atoms with Crippen LogP contribution in [-0.2, 0) is 17.9 Å². The van der Waals surface area contributed by atoms with Gasteiger partial charge in [0.15, 0.2) is 0 Å². The quantitative estimate of drug-likeness (QED) is 0.896. The highest BCUT2D eigenvalue weighted by molar-refractivity contribution is 6.35. The van der Waals surface area contributed by atoms with Crippen molar-refractivity contribution < 1.29 is 9.15 Å². The van der Waals surface area contributed by atoms with Crippen LogP contribution >= 0.6 is 11.6 Å². The predicted octanol–water partition coefficient (Wildman–Crippen LogP) is 3.00. The molecule has 0 radical (unpaired) electrons.